The molecule has 0 spiro atoms. The fourth-order valence-electron chi connectivity index (χ4n) is 2.27. The fraction of sp³-hybridized carbons (Fsp3) is 0.333. The van der Waals surface area contributed by atoms with Gasteiger partial charge in [0.1, 0.15) is 11.3 Å². The van der Waals surface area contributed by atoms with Gasteiger partial charge in [0, 0.05) is 12.5 Å². The Labute approximate surface area is 120 Å². The molecule has 2 aromatic rings. The number of carbonyl (C=O) groups is 1. The first kappa shape index (κ1) is 15.2. The smallest absolute Gasteiger partial charge is 0.307 e. The minimum Gasteiger partial charge on any atom is -0.481 e. The molecule has 0 amide bonds. The van der Waals surface area contributed by atoms with E-state index in [9.17, 15) is 19.8 Å². The maximum Gasteiger partial charge on any atom is 0.307 e. The van der Waals surface area contributed by atoms with Crippen molar-refractivity contribution in [3.8, 4) is 0 Å². The molecule has 0 aliphatic carbocycles. The lowest BCUT2D eigenvalue weighted by molar-refractivity contribution is -0.136. The normalized spacial score (nSPS) is 12.5. The summed E-state index contributed by atoms with van der Waals surface area (Å²) in [5.74, 6) is -0.752. The first-order valence-corrected chi connectivity index (χ1v) is 6.50. The maximum absolute atomic E-state index is 12.2. The highest BCUT2D eigenvalue weighted by atomic mass is 16.4. The molecule has 0 bridgehead atoms. The van der Waals surface area contributed by atoms with Crippen LogP contribution in [0.25, 0.3) is 11.0 Å². The second-order valence-electron chi connectivity index (χ2n) is 4.99. The first-order valence-electron chi connectivity index (χ1n) is 6.50. The molecule has 2 rings (SSSR count). The lowest BCUT2D eigenvalue weighted by atomic mass is 10.0. The van der Waals surface area contributed by atoms with Crippen molar-refractivity contribution >= 4 is 16.9 Å². The molecule has 1 aromatic heterocycles. The standard InChI is InChI=1S/C15H16O6/c1-8(17)2-11-6-12(18)15-10(5-14(19)20)3-9(7-16)4-13(15)21-11/h3-4,6,8,16-17H,2,5,7H2,1H3,(H,19,20)/t8-/m1/s1. The van der Waals surface area contributed by atoms with Gasteiger partial charge in [-0.1, -0.05) is 6.07 Å². The first-order chi connectivity index (χ1) is 9.90. The number of carboxylic acids is 1. The number of rotatable bonds is 5. The zero-order valence-corrected chi connectivity index (χ0v) is 11.5. The Kier molecular flexibility index (Phi) is 4.40. The number of fused-ring (bicyclic) bond motifs is 1. The van der Waals surface area contributed by atoms with E-state index in [2.05, 4.69) is 0 Å². The molecule has 0 saturated heterocycles. The third-order valence-electron chi connectivity index (χ3n) is 3.04. The summed E-state index contributed by atoms with van der Waals surface area (Å²) in [6, 6.07) is 4.26. The number of aliphatic hydroxyl groups is 2. The van der Waals surface area contributed by atoms with Gasteiger partial charge in [-0.25, -0.2) is 0 Å². The fourth-order valence-corrected chi connectivity index (χ4v) is 2.27. The minimum atomic E-state index is -1.07. The molecule has 112 valence electrons. The van der Waals surface area contributed by atoms with Crippen LogP contribution in [0.2, 0.25) is 0 Å². The van der Waals surface area contributed by atoms with E-state index >= 15 is 0 Å². The van der Waals surface area contributed by atoms with Crippen molar-refractivity contribution in [3.63, 3.8) is 0 Å². The average Bonchev–Trinajstić information content (AvgIpc) is 2.35. The molecule has 1 heterocycles. The quantitative estimate of drug-likeness (QED) is 0.753. The molecule has 0 fully saturated rings. The lowest BCUT2D eigenvalue weighted by Gasteiger charge is -2.09. The summed E-state index contributed by atoms with van der Waals surface area (Å²) in [6.07, 6.45) is -0.807. The molecule has 21 heavy (non-hydrogen) atoms. The second kappa shape index (κ2) is 6.07. The van der Waals surface area contributed by atoms with Gasteiger partial charge in [-0.3, -0.25) is 9.59 Å². The van der Waals surface area contributed by atoms with Crippen LogP contribution in [0, 0.1) is 0 Å². The summed E-state index contributed by atoms with van der Waals surface area (Å²) in [4.78, 5) is 23.1. The van der Waals surface area contributed by atoms with E-state index in [1.807, 2.05) is 0 Å². The Balaban J connectivity index is 2.68. The summed E-state index contributed by atoms with van der Waals surface area (Å²) in [5, 5.41) is 27.7. The van der Waals surface area contributed by atoms with Crippen molar-refractivity contribution in [2.75, 3.05) is 0 Å². The van der Waals surface area contributed by atoms with Crippen LogP contribution in [0.4, 0.5) is 0 Å². The summed E-state index contributed by atoms with van der Waals surface area (Å²) >= 11 is 0. The summed E-state index contributed by atoms with van der Waals surface area (Å²) in [6.45, 7) is 1.29. The van der Waals surface area contributed by atoms with Gasteiger partial charge in [-0.2, -0.15) is 0 Å². The van der Waals surface area contributed by atoms with Crippen molar-refractivity contribution in [3.05, 3.63) is 45.3 Å². The van der Waals surface area contributed by atoms with Gasteiger partial charge in [-0.05, 0) is 24.1 Å². The zero-order chi connectivity index (χ0) is 15.6. The Morgan fingerprint density at radius 2 is 2.05 bits per heavy atom. The Bertz CT molecular complexity index is 729. The van der Waals surface area contributed by atoms with Crippen LogP contribution in [-0.4, -0.2) is 27.4 Å². The Morgan fingerprint density at radius 3 is 2.62 bits per heavy atom. The van der Waals surface area contributed by atoms with Gasteiger partial charge in [0.2, 0.25) is 0 Å². The van der Waals surface area contributed by atoms with Crippen molar-refractivity contribution < 1.29 is 24.5 Å². The van der Waals surface area contributed by atoms with E-state index < -0.39 is 12.1 Å². The predicted octanol–water partition coefficient (Wildman–Crippen LogP) is 0.836. The van der Waals surface area contributed by atoms with Gasteiger partial charge in [0.05, 0.1) is 24.5 Å². The van der Waals surface area contributed by atoms with E-state index in [0.29, 0.717) is 16.9 Å². The predicted molar refractivity (Wildman–Crippen MR) is 75.1 cm³/mol. The van der Waals surface area contributed by atoms with Crippen LogP contribution >= 0.6 is 0 Å². The molecule has 6 heteroatoms. The third kappa shape index (κ3) is 3.48. The van der Waals surface area contributed by atoms with Gasteiger partial charge in [0.25, 0.3) is 0 Å². The van der Waals surface area contributed by atoms with Crippen LogP contribution in [-0.2, 0) is 24.2 Å². The molecule has 0 unspecified atom stereocenters. The lowest BCUT2D eigenvalue weighted by Crippen LogP contribution is -2.12. The van der Waals surface area contributed by atoms with Crippen molar-refractivity contribution in [2.45, 2.75) is 32.5 Å². The van der Waals surface area contributed by atoms with Crippen molar-refractivity contribution in [2.24, 2.45) is 0 Å². The molecule has 1 atom stereocenters. The zero-order valence-electron chi connectivity index (χ0n) is 11.5. The highest BCUT2D eigenvalue weighted by molar-refractivity contribution is 5.85. The van der Waals surface area contributed by atoms with E-state index in [0.717, 1.165) is 0 Å². The molecule has 0 saturated carbocycles. The monoisotopic (exact) mass is 292 g/mol. The van der Waals surface area contributed by atoms with Crippen LogP contribution in [0.15, 0.2) is 27.4 Å². The summed E-state index contributed by atoms with van der Waals surface area (Å²) in [5.41, 5.74) is 0.645. The Hall–Kier alpha value is -2.18. The van der Waals surface area contributed by atoms with E-state index in [1.165, 1.54) is 18.2 Å². The summed E-state index contributed by atoms with van der Waals surface area (Å²) in [7, 11) is 0. The van der Waals surface area contributed by atoms with E-state index in [1.54, 1.807) is 6.92 Å². The molecule has 0 radical (unpaired) electrons. The number of aliphatic carboxylic acids is 1. The summed E-state index contributed by atoms with van der Waals surface area (Å²) < 4.78 is 5.55. The molecule has 1 aromatic carbocycles. The third-order valence-corrected chi connectivity index (χ3v) is 3.04. The number of aliphatic hydroxyl groups excluding tert-OH is 2. The maximum atomic E-state index is 12.2. The highest BCUT2D eigenvalue weighted by Gasteiger charge is 2.14. The van der Waals surface area contributed by atoms with Gasteiger partial charge in [-0.15, -0.1) is 0 Å². The van der Waals surface area contributed by atoms with Crippen molar-refractivity contribution in [1.82, 2.24) is 0 Å². The van der Waals surface area contributed by atoms with Crippen LogP contribution in [0.1, 0.15) is 23.8 Å². The second-order valence-corrected chi connectivity index (χ2v) is 4.99. The SMILES string of the molecule is C[C@@H](O)Cc1cc(=O)c2c(CC(=O)O)cc(CO)cc2o1. The topological polar surface area (TPSA) is 108 Å². The van der Waals surface area contributed by atoms with Gasteiger partial charge >= 0.3 is 5.97 Å². The minimum absolute atomic E-state index is 0.183. The van der Waals surface area contributed by atoms with Crippen LogP contribution < -0.4 is 5.43 Å². The number of hydrogen-bond donors (Lipinski definition) is 3. The van der Waals surface area contributed by atoms with Crippen LogP contribution in [0.3, 0.4) is 0 Å². The van der Waals surface area contributed by atoms with Gasteiger partial charge in [0.15, 0.2) is 5.43 Å². The average molecular weight is 292 g/mol. The van der Waals surface area contributed by atoms with Gasteiger partial charge < -0.3 is 19.7 Å². The Morgan fingerprint density at radius 1 is 1.33 bits per heavy atom. The molecule has 6 nitrogen and oxygen atoms in total. The number of benzene rings is 1. The van der Waals surface area contributed by atoms with E-state index in [-0.39, 0.29) is 35.8 Å². The van der Waals surface area contributed by atoms with E-state index in [4.69, 9.17) is 9.52 Å². The van der Waals surface area contributed by atoms with Crippen LogP contribution in [0.5, 0.6) is 0 Å². The molecule has 0 aliphatic rings. The molecular weight excluding hydrogens is 276 g/mol. The molecular formula is C15H16O6. The number of carboxylic acid groups (broad SMARTS) is 1. The highest BCUT2D eigenvalue weighted by Crippen LogP contribution is 2.21. The molecule has 3 N–H and O–H groups in total. The largest absolute Gasteiger partial charge is 0.481 e. The number of hydrogen-bond acceptors (Lipinski definition) is 5. The van der Waals surface area contributed by atoms with Crippen molar-refractivity contribution in [1.29, 1.82) is 0 Å². The molecule has 0 aliphatic heterocycles.